The molecule has 0 spiro atoms. The second kappa shape index (κ2) is 7.84. The van der Waals surface area contributed by atoms with Gasteiger partial charge in [-0.3, -0.25) is 0 Å². The number of rotatable bonds is 8. The average Bonchev–Trinajstić information content (AvgIpc) is 3.11. The second-order valence-corrected chi connectivity index (χ2v) is 5.86. The topological polar surface area (TPSA) is 62.0 Å². The molecule has 5 nitrogen and oxygen atoms in total. The molecule has 2 heterocycles. The number of nitrogens with one attached hydrogen (secondary N) is 3. The summed E-state index contributed by atoms with van der Waals surface area (Å²) in [5.41, 5.74) is 3.40. The first-order chi connectivity index (χ1) is 11.8. The fraction of sp³-hybridized carbons (Fsp3) is 0.316. The number of fused-ring (bicyclic) bond motifs is 1. The van der Waals surface area contributed by atoms with Crippen LogP contribution in [-0.2, 0) is 6.54 Å². The number of ether oxygens (including phenoxy) is 1. The number of methoxy groups -OCH3 is 1. The molecular weight excluding hydrogens is 300 g/mol. The Morgan fingerprint density at radius 1 is 1.17 bits per heavy atom. The average molecular weight is 324 g/mol. The van der Waals surface area contributed by atoms with Crippen LogP contribution in [0.5, 0.6) is 5.75 Å². The first-order valence-corrected chi connectivity index (χ1v) is 8.28. The molecule has 2 aromatic heterocycles. The van der Waals surface area contributed by atoms with Crippen molar-refractivity contribution in [1.82, 2.24) is 15.3 Å². The van der Waals surface area contributed by atoms with Crippen LogP contribution in [0.25, 0.3) is 10.9 Å². The van der Waals surface area contributed by atoms with Gasteiger partial charge in [0.1, 0.15) is 11.6 Å². The molecule has 0 aliphatic carbocycles. The second-order valence-electron chi connectivity index (χ2n) is 5.86. The number of nitrogens with zero attached hydrogens (tertiary/aromatic N) is 1. The number of aromatic amines is 1. The van der Waals surface area contributed by atoms with E-state index in [0.717, 1.165) is 48.5 Å². The highest BCUT2D eigenvalue weighted by Crippen LogP contribution is 2.24. The Morgan fingerprint density at radius 2 is 2.08 bits per heavy atom. The van der Waals surface area contributed by atoms with Gasteiger partial charge in [0.05, 0.1) is 12.6 Å². The lowest BCUT2D eigenvalue weighted by Crippen LogP contribution is -2.18. The third-order valence-electron chi connectivity index (χ3n) is 4.04. The van der Waals surface area contributed by atoms with Crippen molar-refractivity contribution in [3.63, 3.8) is 0 Å². The quantitative estimate of drug-likeness (QED) is 0.555. The monoisotopic (exact) mass is 324 g/mol. The molecule has 0 bridgehead atoms. The van der Waals surface area contributed by atoms with Gasteiger partial charge in [-0.25, -0.2) is 4.98 Å². The van der Waals surface area contributed by atoms with Crippen LogP contribution in [0.4, 0.5) is 5.82 Å². The summed E-state index contributed by atoms with van der Waals surface area (Å²) in [6.07, 6.45) is 2.99. The zero-order chi connectivity index (χ0) is 16.8. The van der Waals surface area contributed by atoms with Gasteiger partial charge in [-0.15, -0.1) is 0 Å². The van der Waals surface area contributed by atoms with Gasteiger partial charge in [0.15, 0.2) is 0 Å². The lowest BCUT2D eigenvalue weighted by molar-refractivity contribution is 0.415. The summed E-state index contributed by atoms with van der Waals surface area (Å²) in [5.74, 6) is 1.79. The highest BCUT2D eigenvalue weighted by molar-refractivity contribution is 5.85. The molecule has 1 aromatic carbocycles. The smallest absolute Gasteiger partial charge is 0.126 e. The predicted molar refractivity (Wildman–Crippen MR) is 98.6 cm³/mol. The standard InChI is InChI=1S/C19H24N4O/c1-14-11-19(23-18-7-6-16(24-2)12-17(14)18)22-10-4-8-20-13-15-5-3-9-21-15/h3,5-7,9,11-12,20-21H,4,8,10,13H2,1-2H3,(H,22,23). The lowest BCUT2D eigenvalue weighted by Gasteiger charge is -2.10. The SMILES string of the molecule is COc1ccc2nc(NCCCNCc3ccc[nH]3)cc(C)c2c1. The minimum atomic E-state index is 0.862. The Labute approximate surface area is 142 Å². The van der Waals surface area contributed by atoms with Crippen molar-refractivity contribution < 1.29 is 4.74 Å². The highest BCUT2D eigenvalue weighted by atomic mass is 16.5. The number of hydrogen-bond donors (Lipinski definition) is 3. The van der Waals surface area contributed by atoms with Crippen molar-refractivity contribution in [1.29, 1.82) is 0 Å². The van der Waals surface area contributed by atoms with E-state index < -0.39 is 0 Å². The molecule has 5 heteroatoms. The Kier molecular flexibility index (Phi) is 5.33. The summed E-state index contributed by atoms with van der Waals surface area (Å²) in [6, 6.07) is 12.2. The summed E-state index contributed by atoms with van der Waals surface area (Å²) >= 11 is 0. The molecular formula is C19H24N4O. The van der Waals surface area contributed by atoms with Gasteiger partial charge in [0, 0.05) is 30.4 Å². The fourth-order valence-electron chi connectivity index (χ4n) is 2.72. The van der Waals surface area contributed by atoms with Crippen molar-refractivity contribution in [3.8, 4) is 5.75 Å². The normalized spacial score (nSPS) is 10.9. The Hall–Kier alpha value is -2.53. The molecule has 3 aromatic rings. The van der Waals surface area contributed by atoms with E-state index in [-0.39, 0.29) is 0 Å². The number of aromatic nitrogens is 2. The van der Waals surface area contributed by atoms with E-state index in [9.17, 15) is 0 Å². The van der Waals surface area contributed by atoms with E-state index in [1.807, 2.05) is 30.5 Å². The lowest BCUT2D eigenvalue weighted by atomic mass is 10.1. The zero-order valence-corrected chi connectivity index (χ0v) is 14.2. The summed E-state index contributed by atoms with van der Waals surface area (Å²) < 4.78 is 5.28. The van der Waals surface area contributed by atoms with Gasteiger partial charge in [0.2, 0.25) is 0 Å². The van der Waals surface area contributed by atoms with E-state index in [2.05, 4.69) is 39.7 Å². The zero-order valence-electron chi connectivity index (χ0n) is 14.2. The van der Waals surface area contributed by atoms with Gasteiger partial charge < -0.3 is 20.4 Å². The van der Waals surface area contributed by atoms with E-state index in [1.54, 1.807) is 7.11 Å². The molecule has 0 radical (unpaired) electrons. The van der Waals surface area contributed by atoms with E-state index in [1.165, 1.54) is 11.3 Å². The highest BCUT2D eigenvalue weighted by Gasteiger charge is 2.04. The Balaban J connectivity index is 1.50. The molecule has 24 heavy (non-hydrogen) atoms. The fourth-order valence-corrected chi connectivity index (χ4v) is 2.72. The first kappa shape index (κ1) is 16.3. The third kappa shape index (κ3) is 4.06. The van der Waals surface area contributed by atoms with Crippen molar-refractivity contribution in [2.24, 2.45) is 0 Å². The molecule has 3 N–H and O–H groups in total. The van der Waals surface area contributed by atoms with Crippen LogP contribution in [0.3, 0.4) is 0 Å². The largest absolute Gasteiger partial charge is 0.497 e. The molecule has 126 valence electrons. The van der Waals surface area contributed by atoms with Crippen LogP contribution in [0, 0.1) is 6.92 Å². The summed E-state index contributed by atoms with van der Waals surface area (Å²) in [7, 11) is 1.68. The number of aryl methyl sites for hydroxylation is 1. The Bertz CT molecular complexity index is 783. The van der Waals surface area contributed by atoms with Crippen LogP contribution in [0.15, 0.2) is 42.6 Å². The van der Waals surface area contributed by atoms with Crippen LogP contribution in [0.2, 0.25) is 0 Å². The summed E-state index contributed by atoms with van der Waals surface area (Å²) in [4.78, 5) is 7.87. The molecule has 0 unspecified atom stereocenters. The minimum absolute atomic E-state index is 0.862. The maximum absolute atomic E-state index is 5.28. The van der Waals surface area contributed by atoms with E-state index in [4.69, 9.17) is 4.74 Å². The number of pyridine rings is 1. The van der Waals surface area contributed by atoms with Crippen molar-refractivity contribution in [3.05, 3.63) is 53.9 Å². The van der Waals surface area contributed by atoms with Gasteiger partial charge in [-0.05, 0) is 61.9 Å². The summed E-state index contributed by atoms with van der Waals surface area (Å²) in [6.45, 7) is 4.84. The molecule has 0 amide bonds. The van der Waals surface area contributed by atoms with Crippen LogP contribution in [0.1, 0.15) is 17.7 Å². The van der Waals surface area contributed by atoms with Crippen LogP contribution < -0.4 is 15.4 Å². The maximum Gasteiger partial charge on any atom is 0.126 e. The molecule has 0 atom stereocenters. The molecule has 0 aliphatic heterocycles. The molecule has 0 saturated carbocycles. The van der Waals surface area contributed by atoms with Crippen LogP contribution >= 0.6 is 0 Å². The predicted octanol–water partition coefficient (Wildman–Crippen LogP) is 3.47. The molecule has 0 saturated heterocycles. The van der Waals surface area contributed by atoms with E-state index in [0.29, 0.717) is 0 Å². The van der Waals surface area contributed by atoms with Crippen LogP contribution in [-0.4, -0.2) is 30.2 Å². The van der Waals surface area contributed by atoms with Gasteiger partial charge >= 0.3 is 0 Å². The first-order valence-electron chi connectivity index (χ1n) is 8.28. The number of anilines is 1. The number of H-pyrrole nitrogens is 1. The van der Waals surface area contributed by atoms with Gasteiger partial charge in [-0.1, -0.05) is 0 Å². The van der Waals surface area contributed by atoms with Crippen molar-refractivity contribution >= 4 is 16.7 Å². The molecule has 0 aliphatic rings. The van der Waals surface area contributed by atoms with Gasteiger partial charge in [0.25, 0.3) is 0 Å². The number of benzene rings is 1. The molecule has 0 fully saturated rings. The summed E-state index contributed by atoms with van der Waals surface area (Å²) in [5, 5.41) is 7.96. The number of hydrogen-bond acceptors (Lipinski definition) is 4. The van der Waals surface area contributed by atoms with Crippen molar-refractivity contribution in [2.45, 2.75) is 19.9 Å². The van der Waals surface area contributed by atoms with Gasteiger partial charge in [-0.2, -0.15) is 0 Å². The minimum Gasteiger partial charge on any atom is -0.497 e. The Morgan fingerprint density at radius 3 is 2.88 bits per heavy atom. The van der Waals surface area contributed by atoms with Crippen molar-refractivity contribution in [2.75, 3.05) is 25.5 Å². The van der Waals surface area contributed by atoms with E-state index >= 15 is 0 Å². The maximum atomic E-state index is 5.28. The third-order valence-corrected chi connectivity index (χ3v) is 4.04. The molecule has 3 rings (SSSR count).